The molecule has 0 aliphatic carbocycles. The number of nitro benzene ring substituents is 1. The fraction of sp³-hybridized carbons (Fsp3) is 0.125. The Kier molecular flexibility index (Phi) is 2.37. The number of hydrogen-bond acceptors (Lipinski definition) is 5. The molecule has 6 nitrogen and oxygen atoms in total. The van der Waals surface area contributed by atoms with Crippen molar-refractivity contribution in [1.29, 1.82) is 0 Å². The van der Waals surface area contributed by atoms with Gasteiger partial charge in [-0.2, -0.15) is 0 Å². The molecule has 0 saturated carbocycles. The van der Waals surface area contributed by atoms with Crippen molar-refractivity contribution in [2.45, 2.75) is 6.92 Å². The molecule has 0 heterocycles. The highest BCUT2D eigenvalue weighted by atomic mass is 16.6. The number of rotatable bonds is 2. The van der Waals surface area contributed by atoms with E-state index in [0.29, 0.717) is 0 Å². The zero-order valence-corrected chi connectivity index (χ0v) is 7.35. The Labute approximate surface area is 79.1 Å². The summed E-state index contributed by atoms with van der Waals surface area (Å²) in [7, 11) is 0. The molecule has 3 N–H and O–H groups in total. The van der Waals surface area contributed by atoms with Crippen LogP contribution in [-0.2, 0) is 0 Å². The van der Waals surface area contributed by atoms with Crippen molar-refractivity contribution in [3.8, 4) is 5.75 Å². The van der Waals surface area contributed by atoms with Crippen molar-refractivity contribution >= 4 is 17.2 Å². The highest BCUT2D eigenvalue weighted by molar-refractivity contribution is 6.03. The second kappa shape index (κ2) is 3.33. The van der Waals surface area contributed by atoms with Crippen LogP contribution in [0.15, 0.2) is 12.1 Å². The van der Waals surface area contributed by atoms with Crippen molar-refractivity contribution in [2.75, 3.05) is 5.73 Å². The smallest absolute Gasteiger partial charge is 0.285 e. The van der Waals surface area contributed by atoms with Gasteiger partial charge in [0.05, 0.1) is 16.7 Å². The number of carbonyl (C=O) groups excluding carboxylic acids is 1. The molecule has 74 valence electrons. The quantitative estimate of drug-likeness (QED) is 0.318. The lowest BCUT2D eigenvalue weighted by atomic mass is 10.1. The number of carbonyl (C=O) groups is 1. The Morgan fingerprint density at radius 1 is 1.57 bits per heavy atom. The minimum Gasteiger partial charge on any atom is -0.508 e. The van der Waals surface area contributed by atoms with E-state index in [0.717, 1.165) is 12.1 Å². The van der Waals surface area contributed by atoms with Gasteiger partial charge < -0.3 is 10.8 Å². The predicted molar refractivity (Wildman–Crippen MR) is 49.2 cm³/mol. The van der Waals surface area contributed by atoms with E-state index in [9.17, 15) is 14.9 Å². The van der Waals surface area contributed by atoms with E-state index < -0.39 is 16.4 Å². The third kappa shape index (κ3) is 1.63. The summed E-state index contributed by atoms with van der Waals surface area (Å²) in [6.07, 6.45) is 0. The van der Waals surface area contributed by atoms with Crippen LogP contribution in [0, 0.1) is 10.1 Å². The number of nitro groups is 1. The number of benzene rings is 1. The summed E-state index contributed by atoms with van der Waals surface area (Å²) in [6, 6.07) is 2.00. The van der Waals surface area contributed by atoms with Gasteiger partial charge in [0, 0.05) is 6.07 Å². The van der Waals surface area contributed by atoms with Gasteiger partial charge in [0.25, 0.3) is 5.69 Å². The van der Waals surface area contributed by atoms with Crippen LogP contribution in [0.25, 0.3) is 0 Å². The number of ketones is 1. The number of nitrogens with two attached hydrogens (primary N) is 1. The summed E-state index contributed by atoms with van der Waals surface area (Å²) < 4.78 is 0. The van der Waals surface area contributed by atoms with Crippen LogP contribution >= 0.6 is 0 Å². The highest BCUT2D eigenvalue weighted by Gasteiger charge is 2.21. The molecular weight excluding hydrogens is 188 g/mol. The first-order valence-corrected chi connectivity index (χ1v) is 3.71. The largest absolute Gasteiger partial charge is 0.508 e. The molecule has 0 unspecified atom stereocenters. The lowest BCUT2D eigenvalue weighted by Crippen LogP contribution is -2.04. The molecule has 14 heavy (non-hydrogen) atoms. The standard InChI is InChI=1S/C8H8N2O4/c1-4(11)8-6(9)2-5(12)3-7(8)10(13)14/h2-3,12H,9H2,1H3. The van der Waals surface area contributed by atoms with Crippen molar-refractivity contribution in [3.05, 3.63) is 27.8 Å². The summed E-state index contributed by atoms with van der Waals surface area (Å²) in [5.41, 5.74) is 4.63. The second-order valence-corrected chi connectivity index (χ2v) is 2.74. The van der Waals surface area contributed by atoms with Crippen LogP contribution in [0.1, 0.15) is 17.3 Å². The third-order valence-corrected chi connectivity index (χ3v) is 1.68. The molecule has 0 bridgehead atoms. The van der Waals surface area contributed by atoms with Gasteiger partial charge in [-0.1, -0.05) is 0 Å². The van der Waals surface area contributed by atoms with Crippen molar-refractivity contribution < 1.29 is 14.8 Å². The topological polar surface area (TPSA) is 106 Å². The molecule has 1 aromatic carbocycles. The Hall–Kier alpha value is -2.11. The van der Waals surface area contributed by atoms with Gasteiger partial charge in [-0.15, -0.1) is 0 Å². The number of hydrogen-bond donors (Lipinski definition) is 2. The average molecular weight is 196 g/mol. The lowest BCUT2D eigenvalue weighted by Gasteiger charge is -2.03. The average Bonchev–Trinajstić information content (AvgIpc) is 2.01. The number of Topliss-reactive ketones (excluding diaryl/α,β-unsaturated/α-hetero) is 1. The minimum absolute atomic E-state index is 0.0933. The zero-order chi connectivity index (χ0) is 10.9. The Morgan fingerprint density at radius 3 is 2.57 bits per heavy atom. The SMILES string of the molecule is CC(=O)c1c(N)cc(O)cc1[N+](=O)[O-]. The van der Waals surface area contributed by atoms with Gasteiger partial charge >= 0.3 is 0 Å². The molecule has 0 aliphatic rings. The number of phenolic OH excluding ortho intramolecular Hbond substituents is 1. The normalized spacial score (nSPS) is 9.79. The number of anilines is 1. The van der Waals surface area contributed by atoms with Gasteiger partial charge in [-0.25, -0.2) is 0 Å². The Morgan fingerprint density at radius 2 is 2.14 bits per heavy atom. The van der Waals surface area contributed by atoms with Crippen LogP contribution in [0.3, 0.4) is 0 Å². The van der Waals surface area contributed by atoms with Gasteiger partial charge in [0.15, 0.2) is 5.78 Å². The van der Waals surface area contributed by atoms with Crippen LogP contribution in [0.2, 0.25) is 0 Å². The summed E-state index contributed by atoms with van der Waals surface area (Å²) >= 11 is 0. The molecular formula is C8H8N2O4. The molecule has 0 aliphatic heterocycles. The molecule has 0 atom stereocenters. The van der Waals surface area contributed by atoms with E-state index >= 15 is 0 Å². The maximum atomic E-state index is 11.0. The summed E-state index contributed by atoms with van der Waals surface area (Å²) in [6.45, 7) is 1.18. The summed E-state index contributed by atoms with van der Waals surface area (Å²) in [5, 5.41) is 19.6. The highest BCUT2D eigenvalue weighted by Crippen LogP contribution is 2.29. The summed E-state index contributed by atoms with van der Waals surface area (Å²) in [5.74, 6) is -0.839. The molecule has 0 amide bonds. The van der Waals surface area contributed by atoms with Gasteiger partial charge in [-0.05, 0) is 6.92 Å². The van der Waals surface area contributed by atoms with Crippen molar-refractivity contribution in [3.63, 3.8) is 0 Å². The fourth-order valence-corrected chi connectivity index (χ4v) is 1.16. The van der Waals surface area contributed by atoms with Crippen LogP contribution in [0.4, 0.5) is 11.4 Å². The van der Waals surface area contributed by atoms with E-state index in [1.807, 2.05) is 0 Å². The molecule has 0 aromatic heterocycles. The zero-order valence-electron chi connectivity index (χ0n) is 7.35. The second-order valence-electron chi connectivity index (χ2n) is 2.74. The van der Waals surface area contributed by atoms with E-state index in [-0.39, 0.29) is 17.0 Å². The molecule has 1 aromatic rings. The first-order valence-electron chi connectivity index (χ1n) is 3.71. The first kappa shape index (κ1) is 9.97. The van der Waals surface area contributed by atoms with Crippen LogP contribution in [0.5, 0.6) is 5.75 Å². The minimum atomic E-state index is -0.757. The number of aromatic hydroxyl groups is 1. The molecule has 0 saturated heterocycles. The van der Waals surface area contributed by atoms with Gasteiger partial charge in [-0.3, -0.25) is 14.9 Å². The number of phenols is 1. The summed E-state index contributed by atoms with van der Waals surface area (Å²) in [4.78, 5) is 20.8. The Bertz CT molecular complexity index is 414. The number of nitrogen functional groups attached to an aromatic ring is 1. The third-order valence-electron chi connectivity index (χ3n) is 1.68. The Balaban J connectivity index is 3.52. The van der Waals surface area contributed by atoms with E-state index in [4.69, 9.17) is 10.8 Å². The van der Waals surface area contributed by atoms with Gasteiger partial charge in [0.2, 0.25) is 0 Å². The van der Waals surface area contributed by atoms with Crippen molar-refractivity contribution in [1.82, 2.24) is 0 Å². The fourth-order valence-electron chi connectivity index (χ4n) is 1.16. The van der Waals surface area contributed by atoms with Crippen molar-refractivity contribution in [2.24, 2.45) is 0 Å². The first-order chi connectivity index (χ1) is 6.43. The maximum absolute atomic E-state index is 11.0. The van der Waals surface area contributed by atoms with Crippen LogP contribution < -0.4 is 5.73 Å². The molecule has 0 spiro atoms. The van der Waals surface area contributed by atoms with E-state index in [1.54, 1.807) is 0 Å². The predicted octanol–water partition coefficient (Wildman–Crippen LogP) is 1.09. The molecule has 0 radical (unpaired) electrons. The molecule has 1 rings (SSSR count). The van der Waals surface area contributed by atoms with E-state index in [2.05, 4.69) is 0 Å². The molecule has 6 heteroatoms. The maximum Gasteiger partial charge on any atom is 0.285 e. The van der Waals surface area contributed by atoms with E-state index in [1.165, 1.54) is 6.92 Å². The lowest BCUT2D eigenvalue weighted by molar-refractivity contribution is -0.385. The number of nitrogens with zero attached hydrogens (tertiary/aromatic N) is 1. The monoisotopic (exact) mass is 196 g/mol. The van der Waals surface area contributed by atoms with Crippen LogP contribution in [-0.4, -0.2) is 15.8 Å². The van der Waals surface area contributed by atoms with Gasteiger partial charge in [0.1, 0.15) is 11.3 Å². The molecule has 0 fully saturated rings.